The molecule has 1 aliphatic heterocycles. The molecule has 0 bridgehead atoms. The van der Waals surface area contributed by atoms with Crippen LogP contribution in [0.2, 0.25) is 0 Å². The van der Waals surface area contributed by atoms with Crippen molar-refractivity contribution in [3.63, 3.8) is 0 Å². The number of fused-ring (bicyclic) bond motifs is 1. The van der Waals surface area contributed by atoms with E-state index in [0.29, 0.717) is 10.8 Å². The van der Waals surface area contributed by atoms with Crippen LogP contribution in [0.4, 0.5) is 0 Å². The van der Waals surface area contributed by atoms with E-state index in [9.17, 15) is 0 Å². The lowest BCUT2D eigenvalue weighted by Crippen LogP contribution is -2.16. The van der Waals surface area contributed by atoms with Crippen molar-refractivity contribution in [1.82, 2.24) is 0 Å². The first-order valence-electron chi connectivity index (χ1n) is 3.59. The van der Waals surface area contributed by atoms with Crippen molar-refractivity contribution in [3.8, 4) is 5.75 Å². The van der Waals surface area contributed by atoms with E-state index >= 15 is 0 Å². The van der Waals surface area contributed by atoms with Gasteiger partial charge in [0.2, 0.25) is 6.29 Å². The lowest BCUT2D eigenvalue weighted by molar-refractivity contribution is 0.0228. The van der Waals surface area contributed by atoms with Gasteiger partial charge in [-0.25, -0.2) is 0 Å². The van der Waals surface area contributed by atoms with Crippen molar-refractivity contribution in [1.29, 1.82) is 0 Å². The summed E-state index contributed by atoms with van der Waals surface area (Å²) in [5.74, 6) is 0.623. The summed E-state index contributed by atoms with van der Waals surface area (Å²) in [6.07, 6.45) is 0.538. The molecule has 3 heteroatoms. The molecule has 0 aromatic heterocycles. The van der Waals surface area contributed by atoms with Crippen molar-refractivity contribution in [3.05, 3.63) is 35.9 Å². The van der Waals surface area contributed by atoms with Crippen LogP contribution in [0.3, 0.4) is 0 Å². The molecule has 2 rings (SSSR count). The highest BCUT2D eigenvalue weighted by Gasteiger charge is 2.16. The molecule has 1 atom stereocenters. The Bertz CT molecular complexity index is 333. The fraction of sp³-hybridized carbons (Fsp3) is 0.111. The molecule has 0 spiro atoms. The predicted octanol–water partition coefficient (Wildman–Crippen LogP) is 1.98. The largest absolute Gasteiger partial charge is 0.461 e. The van der Waals surface area contributed by atoms with Gasteiger partial charge in [0.1, 0.15) is 5.75 Å². The first kappa shape index (κ1) is 7.65. The van der Waals surface area contributed by atoms with Gasteiger partial charge in [0.05, 0.1) is 5.03 Å². The van der Waals surface area contributed by atoms with Gasteiger partial charge in [-0.15, -0.1) is 0 Å². The van der Waals surface area contributed by atoms with Gasteiger partial charge in [-0.05, 0) is 12.1 Å². The highest BCUT2D eigenvalue weighted by Crippen LogP contribution is 2.32. The standard InChI is InChI=1S/C9H7ClO2/c10-7-5-9(11)12-8-4-2-1-3-6(7)8/h1-5,9,11H. The van der Waals surface area contributed by atoms with Gasteiger partial charge in [-0.1, -0.05) is 23.7 Å². The van der Waals surface area contributed by atoms with E-state index in [1.54, 1.807) is 6.07 Å². The lowest BCUT2D eigenvalue weighted by Gasteiger charge is -2.18. The van der Waals surface area contributed by atoms with Crippen LogP contribution in [0.5, 0.6) is 5.75 Å². The van der Waals surface area contributed by atoms with Crippen molar-refractivity contribution < 1.29 is 9.84 Å². The van der Waals surface area contributed by atoms with Gasteiger partial charge in [0.15, 0.2) is 0 Å². The number of aliphatic hydroxyl groups is 1. The molecule has 1 N–H and O–H groups in total. The number of halogens is 1. The summed E-state index contributed by atoms with van der Waals surface area (Å²) in [7, 11) is 0. The Morgan fingerprint density at radius 2 is 2.08 bits per heavy atom. The number of hydrogen-bond acceptors (Lipinski definition) is 2. The topological polar surface area (TPSA) is 29.5 Å². The maximum Gasteiger partial charge on any atom is 0.219 e. The highest BCUT2D eigenvalue weighted by molar-refractivity contribution is 6.49. The van der Waals surface area contributed by atoms with Crippen LogP contribution in [0.1, 0.15) is 5.56 Å². The summed E-state index contributed by atoms with van der Waals surface area (Å²) in [5.41, 5.74) is 0.824. The Kier molecular flexibility index (Phi) is 1.79. The van der Waals surface area contributed by atoms with Crippen LogP contribution >= 0.6 is 11.6 Å². The van der Waals surface area contributed by atoms with E-state index in [2.05, 4.69) is 0 Å². The molecule has 1 heterocycles. The van der Waals surface area contributed by atoms with Crippen LogP contribution < -0.4 is 4.74 Å². The normalized spacial score (nSPS) is 20.8. The number of para-hydroxylation sites is 1. The summed E-state index contributed by atoms with van der Waals surface area (Å²) >= 11 is 5.86. The molecule has 2 nitrogen and oxygen atoms in total. The van der Waals surface area contributed by atoms with E-state index in [-0.39, 0.29) is 0 Å². The SMILES string of the molecule is OC1C=C(Cl)c2ccccc2O1. The molecule has 12 heavy (non-hydrogen) atoms. The summed E-state index contributed by atoms with van der Waals surface area (Å²) in [4.78, 5) is 0. The number of aliphatic hydroxyl groups excluding tert-OH is 1. The molecule has 1 aliphatic rings. The third kappa shape index (κ3) is 1.19. The van der Waals surface area contributed by atoms with Crippen molar-refractivity contribution in [2.24, 2.45) is 0 Å². The summed E-state index contributed by atoms with van der Waals surface area (Å²) < 4.78 is 5.10. The maximum absolute atomic E-state index is 9.14. The van der Waals surface area contributed by atoms with Crippen LogP contribution in [0, 0.1) is 0 Å². The van der Waals surface area contributed by atoms with E-state index < -0.39 is 6.29 Å². The minimum absolute atomic E-state index is 0.532. The van der Waals surface area contributed by atoms with E-state index in [1.165, 1.54) is 6.08 Å². The lowest BCUT2D eigenvalue weighted by atomic mass is 10.1. The zero-order chi connectivity index (χ0) is 8.55. The number of hydrogen-bond donors (Lipinski definition) is 1. The minimum atomic E-state index is -0.924. The summed E-state index contributed by atoms with van der Waals surface area (Å²) in [5, 5.41) is 9.68. The van der Waals surface area contributed by atoms with Crippen molar-refractivity contribution in [2.75, 3.05) is 0 Å². The predicted molar refractivity (Wildman–Crippen MR) is 46.9 cm³/mol. The van der Waals surface area contributed by atoms with Crippen LogP contribution in [-0.4, -0.2) is 11.4 Å². The van der Waals surface area contributed by atoms with Gasteiger partial charge in [0.25, 0.3) is 0 Å². The second kappa shape index (κ2) is 2.81. The van der Waals surface area contributed by atoms with E-state index in [0.717, 1.165) is 5.56 Å². The number of ether oxygens (including phenoxy) is 1. The number of rotatable bonds is 0. The Labute approximate surface area is 75.0 Å². The average Bonchev–Trinajstić information content (AvgIpc) is 2.04. The zero-order valence-corrected chi connectivity index (χ0v) is 6.95. The van der Waals surface area contributed by atoms with E-state index in [4.69, 9.17) is 21.4 Å². The third-order valence-electron chi connectivity index (χ3n) is 1.68. The van der Waals surface area contributed by atoms with Gasteiger partial charge in [-0.3, -0.25) is 0 Å². The van der Waals surface area contributed by atoms with Crippen LogP contribution in [0.25, 0.3) is 5.03 Å². The number of benzene rings is 1. The molecule has 0 aliphatic carbocycles. The Morgan fingerprint density at radius 1 is 1.33 bits per heavy atom. The second-order valence-electron chi connectivity index (χ2n) is 2.52. The smallest absolute Gasteiger partial charge is 0.219 e. The molecular formula is C9H7ClO2. The monoisotopic (exact) mass is 182 g/mol. The van der Waals surface area contributed by atoms with E-state index in [1.807, 2.05) is 18.2 Å². The Balaban J connectivity index is 2.53. The third-order valence-corrected chi connectivity index (χ3v) is 2.01. The minimum Gasteiger partial charge on any atom is -0.461 e. The fourth-order valence-electron chi connectivity index (χ4n) is 1.15. The molecule has 62 valence electrons. The molecule has 1 aromatic carbocycles. The maximum atomic E-state index is 9.14. The first-order valence-corrected chi connectivity index (χ1v) is 3.96. The Morgan fingerprint density at radius 3 is 2.92 bits per heavy atom. The van der Waals surface area contributed by atoms with Crippen LogP contribution in [0.15, 0.2) is 30.3 Å². The molecule has 0 amide bonds. The average molecular weight is 183 g/mol. The molecule has 1 aromatic rings. The molecular weight excluding hydrogens is 176 g/mol. The van der Waals surface area contributed by atoms with Gasteiger partial charge < -0.3 is 9.84 Å². The molecule has 0 saturated carbocycles. The summed E-state index contributed by atoms with van der Waals surface area (Å²) in [6.45, 7) is 0. The first-order chi connectivity index (χ1) is 5.77. The van der Waals surface area contributed by atoms with Gasteiger partial charge in [-0.2, -0.15) is 0 Å². The fourth-order valence-corrected chi connectivity index (χ4v) is 1.41. The second-order valence-corrected chi connectivity index (χ2v) is 2.93. The van der Waals surface area contributed by atoms with Gasteiger partial charge in [0, 0.05) is 11.6 Å². The quantitative estimate of drug-likeness (QED) is 0.665. The van der Waals surface area contributed by atoms with Crippen LogP contribution in [-0.2, 0) is 0 Å². The Hall–Kier alpha value is -0.990. The molecule has 0 saturated heterocycles. The summed E-state index contributed by atoms with van der Waals surface area (Å²) in [6, 6.07) is 7.32. The molecule has 0 radical (unpaired) electrons. The highest BCUT2D eigenvalue weighted by atomic mass is 35.5. The van der Waals surface area contributed by atoms with Crippen molar-refractivity contribution in [2.45, 2.75) is 6.29 Å². The van der Waals surface area contributed by atoms with Gasteiger partial charge >= 0.3 is 0 Å². The van der Waals surface area contributed by atoms with Crippen molar-refractivity contribution >= 4 is 16.6 Å². The zero-order valence-electron chi connectivity index (χ0n) is 6.20. The molecule has 0 fully saturated rings. The molecule has 1 unspecified atom stereocenters.